The van der Waals surface area contributed by atoms with Gasteiger partial charge < -0.3 is 0 Å². The lowest BCUT2D eigenvalue weighted by molar-refractivity contribution is -0.143. The second kappa shape index (κ2) is 5.75. The minimum absolute atomic E-state index is 0.0956. The molecule has 1 nitrogen and oxygen atoms in total. The summed E-state index contributed by atoms with van der Waals surface area (Å²) in [6.07, 6.45) is -4.64. The number of benzene rings is 1. The molecule has 7 heteroatoms. The Hall–Kier alpha value is -1.68. The van der Waals surface area contributed by atoms with Crippen molar-refractivity contribution in [3.63, 3.8) is 0 Å². The van der Waals surface area contributed by atoms with Crippen LogP contribution in [-0.4, -0.2) is 18.5 Å². The lowest BCUT2D eigenvalue weighted by Gasteiger charge is -2.19. The van der Waals surface area contributed by atoms with Gasteiger partial charge in [-0.2, -0.15) is 26.3 Å². The van der Waals surface area contributed by atoms with Crippen LogP contribution >= 0.6 is 0 Å². The molecular formula is C13H11F6N. The Labute approximate surface area is 112 Å². The highest BCUT2D eigenvalue weighted by Gasteiger charge is 2.38. The number of halogens is 6. The van der Waals surface area contributed by atoms with E-state index in [1.807, 2.05) is 0 Å². The van der Waals surface area contributed by atoms with Gasteiger partial charge in [0.2, 0.25) is 0 Å². The SMILES string of the molecule is C#CCN(C)Cc1ccc(C(F)(F)F)cc1C(F)(F)F. The Kier molecular flexibility index (Phi) is 4.71. The van der Waals surface area contributed by atoms with Crippen LogP contribution in [0, 0.1) is 12.3 Å². The molecule has 0 bridgehead atoms. The van der Waals surface area contributed by atoms with Gasteiger partial charge in [0.05, 0.1) is 17.7 Å². The molecule has 0 saturated heterocycles. The van der Waals surface area contributed by atoms with Crippen molar-refractivity contribution in [1.82, 2.24) is 4.90 Å². The molecular weight excluding hydrogens is 284 g/mol. The molecule has 0 amide bonds. The normalized spacial score (nSPS) is 12.6. The molecule has 1 aromatic carbocycles. The third-order valence-electron chi connectivity index (χ3n) is 2.54. The molecule has 20 heavy (non-hydrogen) atoms. The van der Waals surface area contributed by atoms with Gasteiger partial charge in [0.15, 0.2) is 0 Å². The fourth-order valence-corrected chi connectivity index (χ4v) is 1.66. The van der Waals surface area contributed by atoms with Gasteiger partial charge in [-0.1, -0.05) is 12.0 Å². The van der Waals surface area contributed by atoms with Gasteiger partial charge >= 0.3 is 12.4 Å². The molecule has 0 N–H and O–H groups in total. The molecule has 1 aromatic rings. The molecule has 0 aliphatic rings. The van der Waals surface area contributed by atoms with Crippen molar-refractivity contribution in [2.75, 3.05) is 13.6 Å². The van der Waals surface area contributed by atoms with Crippen molar-refractivity contribution in [1.29, 1.82) is 0 Å². The van der Waals surface area contributed by atoms with E-state index >= 15 is 0 Å². The maximum Gasteiger partial charge on any atom is 0.416 e. The molecule has 0 saturated carbocycles. The number of rotatable bonds is 3. The summed E-state index contributed by atoms with van der Waals surface area (Å²) in [6.45, 7) is -0.0878. The zero-order valence-corrected chi connectivity index (χ0v) is 10.4. The first-order chi connectivity index (χ1) is 9.05. The van der Waals surface area contributed by atoms with Gasteiger partial charge in [-0.3, -0.25) is 4.90 Å². The zero-order chi connectivity index (χ0) is 15.6. The van der Waals surface area contributed by atoms with Gasteiger partial charge in [-0.25, -0.2) is 0 Å². The van der Waals surface area contributed by atoms with Crippen LogP contribution in [0.1, 0.15) is 16.7 Å². The van der Waals surface area contributed by atoms with E-state index in [2.05, 4.69) is 5.92 Å². The summed E-state index contributed by atoms with van der Waals surface area (Å²) in [7, 11) is 1.48. The maximum atomic E-state index is 12.8. The highest BCUT2D eigenvalue weighted by Crippen LogP contribution is 2.37. The topological polar surface area (TPSA) is 3.24 Å². The molecule has 0 unspecified atom stereocenters. The minimum atomic E-state index is -4.85. The lowest BCUT2D eigenvalue weighted by atomic mass is 10.0. The average molecular weight is 295 g/mol. The third kappa shape index (κ3) is 4.17. The van der Waals surface area contributed by atoms with E-state index < -0.39 is 23.5 Å². The maximum absolute atomic E-state index is 12.8. The van der Waals surface area contributed by atoms with Crippen LogP contribution in [0.4, 0.5) is 26.3 Å². The van der Waals surface area contributed by atoms with Gasteiger partial charge in [-0.05, 0) is 24.7 Å². The highest BCUT2D eigenvalue weighted by molar-refractivity contribution is 5.35. The monoisotopic (exact) mass is 295 g/mol. The number of nitrogens with zero attached hydrogens (tertiary/aromatic N) is 1. The summed E-state index contributed by atoms with van der Waals surface area (Å²) in [4.78, 5) is 1.40. The average Bonchev–Trinajstić information content (AvgIpc) is 2.26. The van der Waals surface area contributed by atoms with E-state index in [4.69, 9.17) is 6.42 Å². The highest BCUT2D eigenvalue weighted by atomic mass is 19.4. The molecule has 0 heterocycles. The third-order valence-corrected chi connectivity index (χ3v) is 2.54. The summed E-state index contributed by atoms with van der Waals surface area (Å²) in [5, 5.41) is 0. The molecule has 0 radical (unpaired) electrons. The van der Waals surface area contributed by atoms with Gasteiger partial charge in [0.1, 0.15) is 0 Å². The lowest BCUT2D eigenvalue weighted by Crippen LogP contribution is -2.21. The molecule has 0 aromatic heterocycles. The minimum Gasteiger partial charge on any atom is -0.291 e. The summed E-state index contributed by atoms with van der Waals surface area (Å²) in [5.41, 5.74) is -2.87. The molecule has 0 spiro atoms. The first-order valence-electron chi connectivity index (χ1n) is 5.45. The molecule has 0 atom stereocenters. The van der Waals surface area contributed by atoms with E-state index in [-0.39, 0.29) is 24.7 Å². The number of terminal acetylenes is 1. The second-order valence-electron chi connectivity index (χ2n) is 4.24. The van der Waals surface area contributed by atoms with Crippen LogP contribution in [0.2, 0.25) is 0 Å². The summed E-state index contributed by atoms with van der Waals surface area (Å²) < 4.78 is 75.9. The number of hydrogen-bond donors (Lipinski definition) is 0. The Morgan fingerprint density at radius 1 is 1.10 bits per heavy atom. The predicted molar refractivity (Wildman–Crippen MR) is 61.6 cm³/mol. The van der Waals surface area contributed by atoms with Crippen LogP contribution in [0.15, 0.2) is 18.2 Å². The fraction of sp³-hybridized carbons (Fsp3) is 0.385. The quantitative estimate of drug-likeness (QED) is 0.606. The zero-order valence-electron chi connectivity index (χ0n) is 10.4. The van der Waals surface area contributed by atoms with Crippen molar-refractivity contribution in [2.24, 2.45) is 0 Å². The summed E-state index contributed by atoms with van der Waals surface area (Å²) in [5.74, 6) is 2.25. The molecule has 110 valence electrons. The van der Waals surface area contributed by atoms with E-state index in [1.165, 1.54) is 11.9 Å². The van der Waals surface area contributed by atoms with E-state index in [0.717, 1.165) is 6.07 Å². The predicted octanol–water partition coefficient (Wildman–Crippen LogP) is 3.79. The van der Waals surface area contributed by atoms with Crippen molar-refractivity contribution in [3.8, 4) is 12.3 Å². The van der Waals surface area contributed by atoms with Crippen LogP contribution in [-0.2, 0) is 18.9 Å². The van der Waals surface area contributed by atoms with Crippen LogP contribution in [0.3, 0.4) is 0 Å². The Morgan fingerprint density at radius 2 is 1.70 bits per heavy atom. The Morgan fingerprint density at radius 3 is 2.15 bits per heavy atom. The van der Waals surface area contributed by atoms with E-state index in [9.17, 15) is 26.3 Å². The van der Waals surface area contributed by atoms with Crippen molar-refractivity contribution in [3.05, 3.63) is 34.9 Å². The molecule has 0 aliphatic heterocycles. The van der Waals surface area contributed by atoms with Gasteiger partial charge in [0.25, 0.3) is 0 Å². The first kappa shape index (κ1) is 16.4. The molecule has 1 rings (SSSR count). The number of hydrogen-bond acceptors (Lipinski definition) is 1. The van der Waals surface area contributed by atoms with Crippen LogP contribution in [0.5, 0.6) is 0 Å². The van der Waals surface area contributed by atoms with Gasteiger partial charge in [-0.15, -0.1) is 6.42 Å². The van der Waals surface area contributed by atoms with E-state index in [0.29, 0.717) is 6.07 Å². The molecule has 0 fully saturated rings. The first-order valence-corrected chi connectivity index (χ1v) is 5.45. The number of alkyl halides is 6. The summed E-state index contributed by atoms with van der Waals surface area (Å²) in [6, 6.07) is 1.59. The van der Waals surface area contributed by atoms with Crippen LogP contribution in [0.25, 0.3) is 0 Å². The Bertz CT molecular complexity index is 509. The van der Waals surface area contributed by atoms with Crippen molar-refractivity contribution < 1.29 is 26.3 Å². The largest absolute Gasteiger partial charge is 0.416 e. The second-order valence-corrected chi connectivity index (χ2v) is 4.24. The smallest absolute Gasteiger partial charge is 0.291 e. The fourth-order valence-electron chi connectivity index (χ4n) is 1.66. The van der Waals surface area contributed by atoms with E-state index in [1.54, 1.807) is 0 Å². The van der Waals surface area contributed by atoms with Crippen molar-refractivity contribution >= 4 is 0 Å². The van der Waals surface area contributed by atoms with Crippen LogP contribution < -0.4 is 0 Å². The molecule has 0 aliphatic carbocycles. The van der Waals surface area contributed by atoms with Crippen molar-refractivity contribution in [2.45, 2.75) is 18.9 Å². The van der Waals surface area contributed by atoms with Gasteiger partial charge in [0, 0.05) is 6.54 Å². The summed E-state index contributed by atoms with van der Waals surface area (Å²) >= 11 is 0. The Balaban J connectivity index is 3.22. The standard InChI is InChI=1S/C13H11F6N/c1-3-6-20(2)8-9-4-5-10(12(14,15)16)7-11(9)13(17,18)19/h1,4-5,7H,6,8H2,2H3.